The molecule has 0 radical (unpaired) electrons. The van der Waals surface area contributed by atoms with Crippen LogP contribution in [0.25, 0.3) is 11.4 Å². The Balaban J connectivity index is 1.84. The molecule has 1 aromatic heterocycles. The molecule has 110 valence electrons. The summed E-state index contributed by atoms with van der Waals surface area (Å²) >= 11 is 3.24. The number of carbonyl (C=O) groups excluding carboxylic acids is 1. The molecule has 2 aromatic carbocycles. The van der Waals surface area contributed by atoms with E-state index in [0.717, 1.165) is 5.56 Å². The van der Waals surface area contributed by atoms with Crippen molar-refractivity contribution in [3.8, 4) is 17.1 Å². The Morgan fingerprint density at radius 3 is 2.82 bits per heavy atom. The summed E-state index contributed by atoms with van der Waals surface area (Å²) < 4.78 is 0.624. The molecule has 0 aliphatic rings. The normalized spacial score (nSPS) is 10.4. The zero-order valence-electron chi connectivity index (χ0n) is 11.1. The van der Waals surface area contributed by atoms with E-state index in [0.29, 0.717) is 21.5 Å². The minimum Gasteiger partial charge on any atom is -0.508 e. The fraction of sp³-hybridized carbons (Fsp3) is 0. The number of halogens is 1. The molecule has 0 atom stereocenters. The average Bonchev–Trinajstić information content (AvgIpc) is 3.00. The number of tetrazole rings is 1. The van der Waals surface area contributed by atoms with E-state index in [1.54, 1.807) is 24.3 Å². The van der Waals surface area contributed by atoms with E-state index >= 15 is 0 Å². The Morgan fingerprint density at radius 1 is 1.23 bits per heavy atom. The van der Waals surface area contributed by atoms with E-state index in [1.165, 1.54) is 12.1 Å². The van der Waals surface area contributed by atoms with Crippen molar-refractivity contribution in [1.82, 2.24) is 20.6 Å². The number of benzene rings is 2. The molecule has 1 heterocycles. The van der Waals surface area contributed by atoms with Crippen molar-refractivity contribution in [2.24, 2.45) is 0 Å². The van der Waals surface area contributed by atoms with Crippen LogP contribution >= 0.6 is 15.9 Å². The van der Waals surface area contributed by atoms with Crippen LogP contribution in [0.5, 0.6) is 5.75 Å². The molecular weight excluding hydrogens is 350 g/mol. The smallest absolute Gasteiger partial charge is 0.255 e. The molecule has 7 nitrogen and oxygen atoms in total. The molecule has 22 heavy (non-hydrogen) atoms. The van der Waals surface area contributed by atoms with Crippen molar-refractivity contribution in [1.29, 1.82) is 0 Å². The monoisotopic (exact) mass is 359 g/mol. The summed E-state index contributed by atoms with van der Waals surface area (Å²) in [5.74, 6) is 0.196. The lowest BCUT2D eigenvalue weighted by molar-refractivity contribution is 0.102. The maximum atomic E-state index is 12.2. The molecule has 0 fully saturated rings. The van der Waals surface area contributed by atoms with Gasteiger partial charge in [-0.3, -0.25) is 4.79 Å². The van der Waals surface area contributed by atoms with E-state index in [-0.39, 0.29) is 11.7 Å². The van der Waals surface area contributed by atoms with E-state index in [2.05, 4.69) is 41.9 Å². The molecule has 0 aliphatic heterocycles. The second-order valence-corrected chi connectivity index (χ2v) is 5.40. The van der Waals surface area contributed by atoms with Gasteiger partial charge in [-0.2, -0.15) is 0 Å². The van der Waals surface area contributed by atoms with Crippen LogP contribution in [-0.2, 0) is 0 Å². The van der Waals surface area contributed by atoms with E-state index in [1.807, 2.05) is 6.07 Å². The van der Waals surface area contributed by atoms with Crippen molar-refractivity contribution in [2.45, 2.75) is 0 Å². The lowest BCUT2D eigenvalue weighted by Crippen LogP contribution is -2.11. The van der Waals surface area contributed by atoms with Gasteiger partial charge in [0.25, 0.3) is 5.91 Å². The number of aromatic hydroxyl groups is 1. The first-order valence-electron chi connectivity index (χ1n) is 6.27. The third kappa shape index (κ3) is 3.12. The number of nitrogens with zero attached hydrogens (tertiary/aromatic N) is 3. The number of aromatic nitrogens is 4. The Bertz CT molecular complexity index is 800. The molecule has 0 unspecified atom stereocenters. The highest BCUT2D eigenvalue weighted by Crippen LogP contribution is 2.22. The predicted octanol–water partition coefficient (Wildman–Crippen LogP) is 2.59. The standard InChI is InChI=1S/C14H10BrN5O2/c15-10-4-9(6-12(21)7-10)14(22)16-11-3-1-2-8(5-11)13-17-19-20-18-13/h1-7,21H,(H,16,22)(H,17,18,19,20). The zero-order chi connectivity index (χ0) is 15.5. The van der Waals surface area contributed by atoms with Crippen molar-refractivity contribution < 1.29 is 9.90 Å². The van der Waals surface area contributed by atoms with Crippen molar-refractivity contribution in [2.75, 3.05) is 5.32 Å². The summed E-state index contributed by atoms with van der Waals surface area (Å²) in [5, 5.41) is 25.8. The summed E-state index contributed by atoms with van der Waals surface area (Å²) in [7, 11) is 0. The van der Waals surface area contributed by atoms with Gasteiger partial charge in [0.1, 0.15) is 5.75 Å². The first-order chi connectivity index (χ1) is 10.6. The van der Waals surface area contributed by atoms with Crippen LogP contribution in [0.2, 0.25) is 0 Å². The molecule has 0 saturated carbocycles. The summed E-state index contributed by atoms with van der Waals surface area (Å²) in [4.78, 5) is 12.2. The predicted molar refractivity (Wildman–Crippen MR) is 83.4 cm³/mol. The van der Waals surface area contributed by atoms with Gasteiger partial charge < -0.3 is 10.4 Å². The maximum Gasteiger partial charge on any atom is 0.255 e. The van der Waals surface area contributed by atoms with E-state index in [4.69, 9.17) is 0 Å². The van der Waals surface area contributed by atoms with Crippen LogP contribution in [0.15, 0.2) is 46.9 Å². The summed E-state index contributed by atoms with van der Waals surface area (Å²) in [6.45, 7) is 0. The number of nitrogens with one attached hydrogen (secondary N) is 2. The number of phenols is 1. The van der Waals surface area contributed by atoms with E-state index in [9.17, 15) is 9.90 Å². The van der Waals surface area contributed by atoms with Crippen molar-refractivity contribution in [3.05, 3.63) is 52.5 Å². The van der Waals surface area contributed by atoms with Gasteiger partial charge in [0.05, 0.1) is 0 Å². The van der Waals surface area contributed by atoms with Crippen molar-refractivity contribution >= 4 is 27.5 Å². The Morgan fingerprint density at radius 2 is 2.09 bits per heavy atom. The molecule has 1 amide bonds. The summed E-state index contributed by atoms with van der Waals surface area (Å²) in [5.41, 5.74) is 1.69. The quantitative estimate of drug-likeness (QED) is 0.666. The zero-order valence-corrected chi connectivity index (χ0v) is 12.7. The van der Waals surface area contributed by atoms with E-state index < -0.39 is 0 Å². The minimum absolute atomic E-state index is 0.0148. The molecule has 0 aliphatic carbocycles. The van der Waals surface area contributed by atoms with Gasteiger partial charge in [0.15, 0.2) is 5.82 Å². The summed E-state index contributed by atoms with van der Waals surface area (Å²) in [6, 6.07) is 11.6. The molecule has 8 heteroatoms. The number of carbonyl (C=O) groups is 1. The van der Waals surface area contributed by atoms with Crippen LogP contribution in [-0.4, -0.2) is 31.6 Å². The van der Waals surface area contributed by atoms with Gasteiger partial charge in [-0.25, -0.2) is 5.10 Å². The number of rotatable bonds is 3. The third-order valence-electron chi connectivity index (χ3n) is 2.88. The highest BCUT2D eigenvalue weighted by molar-refractivity contribution is 9.10. The molecule has 0 saturated heterocycles. The number of hydrogen-bond donors (Lipinski definition) is 3. The summed E-state index contributed by atoms with van der Waals surface area (Å²) in [6.07, 6.45) is 0. The molecule has 3 N–H and O–H groups in total. The van der Waals surface area contributed by atoms with Crippen LogP contribution in [0.4, 0.5) is 5.69 Å². The number of phenolic OH excluding ortho intramolecular Hbond substituents is 1. The minimum atomic E-state index is -0.329. The lowest BCUT2D eigenvalue weighted by Gasteiger charge is -2.07. The van der Waals surface area contributed by atoms with Crippen LogP contribution in [0, 0.1) is 0 Å². The van der Waals surface area contributed by atoms with Gasteiger partial charge in [-0.1, -0.05) is 28.1 Å². The molecule has 3 rings (SSSR count). The van der Waals surface area contributed by atoms with Gasteiger partial charge in [0.2, 0.25) is 0 Å². The maximum absolute atomic E-state index is 12.2. The number of aromatic amines is 1. The Hall–Kier alpha value is -2.74. The number of H-pyrrole nitrogens is 1. The molecule has 3 aromatic rings. The number of amides is 1. The topological polar surface area (TPSA) is 104 Å². The fourth-order valence-corrected chi connectivity index (χ4v) is 2.42. The highest BCUT2D eigenvalue weighted by Gasteiger charge is 2.10. The Labute approximate surface area is 133 Å². The van der Waals surface area contributed by atoms with Crippen LogP contribution in [0.1, 0.15) is 10.4 Å². The molecule has 0 bridgehead atoms. The average molecular weight is 360 g/mol. The van der Waals surface area contributed by atoms with Crippen LogP contribution < -0.4 is 5.32 Å². The van der Waals surface area contributed by atoms with Gasteiger partial charge in [-0.05, 0) is 40.8 Å². The number of anilines is 1. The molecular formula is C14H10BrN5O2. The lowest BCUT2D eigenvalue weighted by atomic mass is 10.1. The first-order valence-corrected chi connectivity index (χ1v) is 7.06. The SMILES string of the molecule is O=C(Nc1cccc(-c2nnn[nH]2)c1)c1cc(O)cc(Br)c1. The van der Waals surface area contributed by atoms with Crippen molar-refractivity contribution in [3.63, 3.8) is 0 Å². The largest absolute Gasteiger partial charge is 0.508 e. The third-order valence-corrected chi connectivity index (χ3v) is 3.34. The van der Waals surface area contributed by atoms with Crippen LogP contribution in [0.3, 0.4) is 0 Å². The molecule has 0 spiro atoms. The Kier molecular flexibility index (Phi) is 3.84. The van der Waals surface area contributed by atoms with Gasteiger partial charge in [0, 0.05) is 21.3 Å². The highest BCUT2D eigenvalue weighted by atomic mass is 79.9. The van der Waals surface area contributed by atoms with Gasteiger partial charge in [-0.15, -0.1) is 5.10 Å². The van der Waals surface area contributed by atoms with Gasteiger partial charge >= 0.3 is 0 Å². The first kappa shape index (κ1) is 14.2. The fourth-order valence-electron chi connectivity index (χ4n) is 1.93. The second-order valence-electron chi connectivity index (χ2n) is 4.48. The second kappa shape index (κ2) is 5.94. The number of hydrogen-bond acceptors (Lipinski definition) is 5.